The van der Waals surface area contributed by atoms with Crippen LogP contribution in [0, 0.1) is 0 Å². The summed E-state index contributed by atoms with van der Waals surface area (Å²) < 4.78 is 5.79. The van der Waals surface area contributed by atoms with Crippen molar-refractivity contribution in [2.75, 3.05) is 6.54 Å². The van der Waals surface area contributed by atoms with Crippen molar-refractivity contribution in [3.8, 4) is 11.5 Å². The lowest BCUT2D eigenvalue weighted by molar-refractivity contribution is 0.470. The average Bonchev–Trinajstić information content (AvgIpc) is 2.41. The molecule has 100 valence electrons. The molecule has 0 saturated carbocycles. The van der Waals surface area contributed by atoms with Gasteiger partial charge < -0.3 is 16.2 Å². The number of halogens is 2. The Morgan fingerprint density at radius 1 is 1.05 bits per heavy atom. The molecule has 5 heteroatoms. The van der Waals surface area contributed by atoms with Crippen LogP contribution in [0.2, 0.25) is 10.0 Å². The third kappa shape index (κ3) is 3.39. The summed E-state index contributed by atoms with van der Waals surface area (Å²) >= 11 is 11.9. The van der Waals surface area contributed by atoms with E-state index in [9.17, 15) is 0 Å². The second-order valence-corrected chi connectivity index (χ2v) is 4.90. The molecular weight excluding hydrogens is 283 g/mol. The van der Waals surface area contributed by atoms with Gasteiger partial charge in [0.05, 0.1) is 5.02 Å². The van der Waals surface area contributed by atoms with Crippen LogP contribution in [0.25, 0.3) is 0 Å². The van der Waals surface area contributed by atoms with E-state index in [-0.39, 0.29) is 6.04 Å². The summed E-state index contributed by atoms with van der Waals surface area (Å²) in [4.78, 5) is 0. The Hall–Kier alpha value is -1.26. The summed E-state index contributed by atoms with van der Waals surface area (Å²) in [6.07, 6.45) is 0. The fourth-order valence-electron chi connectivity index (χ4n) is 1.68. The van der Waals surface area contributed by atoms with E-state index in [4.69, 9.17) is 39.4 Å². The van der Waals surface area contributed by atoms with Crippen LogP contribution in [0.3, 0.4) is 0 Å². The van der Waals surface area contributed by atoms with E-state index in [2.05, 4.69) is 0 Å². The molecule has 0 aliphatic rings. The minimum Gasteiger partial charge on any atom is -0.455 e. The van der Waals surface area contributed by atoms with Gasteiger partial charge in [0.15, 0.2) is 0 Å². The summed E-state index contributed by atoms with van der Waals surface area (Å²) in [5.74, 6) is 1.17. The van der Waals surface area contributed by atoms with Crippen molar-refractivity contribution in [1.29, 1.82) is 0 Å². The first kappa shape index (κ1) is 14.2. The summed E-state index contributed by atoms with van der Waals surface area (Å²) in [6, 6.07) is 12.3. The molecule has 0 saturated heterocycles. The number of benzene rings is 2. The van der Waals surface area contributed by atoms with Gasteiger partial charge in [-0.15, -0.1) is 0 Å². The van der Waals surface area contributed by atoms with E-state index in [0.717, 1.165) is 5.56 Å². The summed E-state index contributed by atoms with van der Waals surface area (Å²) in [5.41, 5.74) is 12.4. The highest BCUT2D eigenvalue weighted by Gasteiger charge is 2.12. The molecule has 0 aromatic heterocycles. The normalized spacial score (nSPS) is 12.2. The minimum absolute atomic E-state index is 0.276. The highest BCUT2D eigenvalue weighted by molar-refractivity contribution is 6.35. The summed E-state index contributed by atoms with van der Waals surface area (Å²) in [7, 11) is 0. The zero-order valence-electron chi connectivity index (χ0n) is 10.1. The standard InChI is InChI=1S/C14H14Cl2N2O/c15-9-5-6-14(11(16)7-9)19-13-4-2-1-3-10(13)12(18)8-17/h1-7,12H,8,17-18H2. The SMILES string of the molecule is NCC(N)c1ccccc1Oc1ccc(Cl)cc1Cl. The molecule has 4 N–H and O–H groups in total. The maximum Gasteiger partial charge on any atom is 0.146 e. The van der Waals surface area contributed by atoms with Crippen molar-refractivity contribution in [2.24, 2.45) is 11.5 Å². The van der Waals surface area contributed by atoms with Crippen LogP contribution in [-0.2, 0) is 0 Å². The van der Waals surface area contributed by atoms with Gasteiger partial charge in [0.25, 0.3) is 0 Å². The molecular formula is C14H14Cl2N2O. The number of para-hydroxylation sites is 1. The highest BCUT2D eigenvalue weighted by atomic mass is 35.5. The molecule has 2 rings (SSSR count). The van der Waals surface area contributed by atoms with Crippen LogP contribution in [-0.4, -0.2) is 6.54 Å². The fourth-order valence-corrected chi connectivity index (χ4v) is 2.13. The largest absolute Gasteiger partial charge is 0.455 e. The van der Waals surface area contributed by atoms with E-state index in [1.54, 1.807) is 18.2 Å². The molecule has 1 unspecified atom stereocenters. The monoisotopic (exact) mass is 296 g/mol. The molecule has 0 aliphatic carbocycles. The number of nitrogens with two attached hydrogens (primary N) is 2. The van der Waals surface area contributed by atoms with E-state index in [0.29, 0.717) is 28.1 Å². The number of hydrogen-bond acceptors (Lipinski definition) is 3. The molecule has 0 amide bonds. The Labute approximate surface area is 122 Å². The smallest absolute Gasteiger partial charge is 0.146 e. The van der Waals surface area contributed by atoms with Crippen molar-refractivity contribution < 1.29 is 4.74 Å². The Balaban J connectivity index is 2.33. The second kappa shape index (κ2) is 6.26. The lowest BCUT2D eigenvalue weighted by Gasteiger charge is -2.16. The fraction of sp³-hybridized carbons (Fsp3) is 0.143. The van der Waals surface area contributed by atoms with Gasteiger partial charge in [0, 0.05) is 23.2 Å². The Morgan fingerprint density at radius 2 is 1.79 bits per heavy atom. The van der Waals surface area contributed by atoms with Crippen LogP contribution < -0.4 is 16.2 Å². The van der Waals surface area contributed by atoms with Gasteiger partial charge in [0.2, 0.25) is 0 Å². The third-order valence-electron chi connectivity index (χ3n) is 2.69. The minimum atomic E-state index is -0.276. The Bertz CT molecular complexity index is 575. The van der Waals surface area contributed by atoms with Gasteiger partial charge in [-0.05, 0) is 24.3 Å². The van der Waals surface area contributed by atoms with Gasteiger partial charge in [0.1, 0.15) is 11.5 Å². The molecule has 0 radical (unpaired) electrons. The quantitative estimate of drug-likeness (QED) is 0.903. The van der Waals surface area contributed by atoms with Crippen molar-refractivity contribution in [1.82, 2.24) is 0 Å². The molecule has 2 aromatic rings. The van der Waals surface area contributed by atoms with Gasteiger partial charge >= 0.3 is 0 Å². The zero-order chi connectivity index (χ0) is 13.8. The van der Waals surface area contributed by atoms with Crippen molar-refractivity contribution in [3.05, 3.63) is 58.1 Å². The van der Waals surface area contributed by atoms with Gasteiger partial charge in [-0.25, -0.2) is 0 Å². The van der Waals surface area contributed by atoms with E-state index < -0.39 is 0 Å². The van der Waals surface area contributed by atoms with Crippen LogP contribution in [0.1, 0.15) is 11.6 Å². The summed E-state index contributed by atoms with van der Waals surface area (Å²) in [6.45, 7) is 0.342. The predicted octanol–water partition coefficient (Wildman–Crippen LogP) is 3.74. The zero-order valence-corrected chi connectivity index (χ0v) is 11.7. The van der Waals surface area contributed by atoms with Crippen LogP contribution >= 0.6 is 23.2 Å². The first-order valence-electron chi connectivity index (χ1n) is 5.79. The Kier molecular flexibility index (Phi) is 4.66. The maximum atomic E-state index is 6.08. The van der Waals surface area contributed by atoms with Crippen LogP contribution in [0.5, 0.6) is 11.5 Å². The molecule has 0 aliphatic heterocycles. The van der Waals surface area contributed by atoms with Crippen molar-refractivity contribution in [2.45, 2.75) is 6.04 Å². The topological polar surface area (TPSA) is 61.3 Å². The molecule has 2 aromatic carbocycles. The average molecular weight is 297 g/mol. The first-order valence-corrected chi connectivity index (χ1v) is 6.55. The number of hydrogen-bond donors (Lipinski definition) is 2. The lowest BCUT2D eigenvalue weighted by Crippen LogP contribution is -2.21. The Morgan fingerprint density at radius 3 is 2.47 bits per heavy atom. The lowest BCUT2D eigenvalue weighted by atomic mass is 10.1. The van der Waals surface area contributed by atoms with Gasteiger partial charge in [-0.2, -0.15) is 0 Å². The second-order valence-electron chi connectivity index (χ2n) is 4.06. The molecule has 19 heavy (non-hydrogen) atoms. The molecule has 1 atom stereocenters. The molecule has 0 spiro atoms. The number of ether oxygens (including phenoxy) is 1. The number of rotatable bonds is 4. The van der Waals surface area contributed by atoms with E-state index >= 15 is 0 Å². The molecule has 0 bridgehead atoms. The molecule has 0 fully saturated rings. The van der Waals surface area contributed by atoms with Crippen molar-refractivity contribution in [3.63, 3.8) is 0 Å². The van der Waals surface area contributed by atoms with E-state index in [1.807, 2.05) is 24.3 Å². The van der Waals surface area contributed by atoms with Gasteiger partial charge in [-0.1, -0.05) is 41.4 Å². The third-order valence-corrected chi connectivity index (χ3v) is 3.22. The van der Waals surface area contributed by atoms with Crippen LogP contribution in [0.15, 0.2) is 42.5 Å². The highest BCUT2D eigenvalue weighted by Crippen LogP contribution is 2.34. The maximum absolute atomic E-state index is 6.08. The molecule has 0 heterocycles. The summed E-state index contributed by atoms with van der Waals surface area (Å²) in [5, 5.41) is 1.01. The van der Waals surface area contributed by atoms with E-state index in [1.165, 1.54) is 0 Å². The molecule has 3 nitrogen and oxygen atoms in total. The first-order chi connectivity index (χ1) is 9.11. The predicted molar refractivity (Wildman–Crippen MR) is 79.0 cm³/mol. The van der Waals surface area contributed by atoms with Crippen LogP contribution in [0.4, 0.5) is 0 Å². The van der Waals surface area contributed by atoms with Gasteiger partial charge in [-0.3, -0.25) is 0 Å². The van der Waals surface area contributed by atoms with Crippen molar-refractivity contribution >= 4 is 23.2 Å².